The van der Waals surface area contributed by atoms with Crippen molar-refractivity contribution in [3.05, 3.63) is 22.2 Å². The zero-order chi connectivity index (χ0) is 14.0. The molecule has 2 rings (SSSR count). The first-order valence-electron chi connectivity index (χ1n) is 6.42. The van der Waals surface area contributed by atoms with Crippen LogP contribution in [-0.4, -0.2) is 11.0 Å². The van der Waals surface area contributed by atoms with E-state index in [0.29, 0.717) is 5.69 Å². The molecule has 0 saturated heterocycles. The van der Waals surface area contributed by atoms with Crippen LogP contribution in [0.2, 0.25) is 10.0 Å². The van der Waals surface area contributed by atoms with E-state index in [1.807, 2.05) is 6.92 Å². The molecule has 0 radical (unpaired) electrons. The van der Waals surface area contributed by atoms with E-state index in [1.165, 1.54) is 18.6 Å². The summed E-state index contributed by atoms with van der Waals surface area (Å²) in [6, 6.07) is 3.01. The SMILES string of the molecule is CC1(C(=O)Nc2cc(Cl)c(O)c(Cl)c2)CCCCC1. The van der Waals surface area contributed by atoms with Gasteiger partial charge in [0.15, 0.2) is 5.75 Å². The fourth-order valence-electron chi connectivity index (χ4n) is 2.48. The van der Waals surface area contributed by atoms with Gasteiger partial charge in [0.25, 0.3) is 0 Å². The molecule has 1 saturated carbocycles. The Hall–Kier alpha value is -0.930. The number of amides is 1. The Morgan fingerprint density at radius 2 is 1.74 bits per heavy atom. The molecule has 0 heterocycles. The number of anilines is 1. The molecule has 0 bridgehead atoms. The predicted molar refractivity (Wildman–Crippen MR) is 77.9 cm³/mol. The minimum Gasteiger partial charge on any atom is -0.505 e. The zero-order valence-electron chi connectivity index (χ0n) is 10.8. The molecule has 0 atom stereocenters. The second-order valence-corrected chi connectivity index (χ2v) is 6.18. The van der Waals surface area contributed by atoms with Crippen LogP contribution in [0.4, 0.5) is 5.69 Å². The molecule has 5 heteroatoms. The van der Waals surface area contributed by atoms with Gasteiger partial charge in [-0.2, -0.15) is 0 Å². The van der Waals surface area contributed by atoms with Crippen molar-refractivity contribution in [3.63, 3.8) is 0 Å². The van der Waals surface area contributed by atoms with Gasteiger partial charge < -0.3 is 10.4 Å². The Morgan fingerprint density at radius 1 is 1.21 bits per heavy atom. The van der Waals surface area contributed by atoms with Gasteiger partial charge in [0, 0.05) is 11.1 Å². The lowest BCUT2D eigenvalue weighted by Gasteiger charge is -2.32. The Balaban J connectivity index is 2.14. The summed E-state index contributed by atoms with van der Waals surface area (Å²) in [4.78, 5) is 12.3. The van der Waals surface area contributed by atoms with Crippen LogP contribution in [0.5, 0.6) is 5.75 Å². The van der Waals surface area contributed by atoms with Gasteiger partial charge in [-0.05, 0) is 25.0 Å². The van der Waals surface area contributed by atoms with Crippen LogP contribution in [0, 0.1) is 5.41 Å². The highest BCUT2D eigenvalue weighted by atomic mass is 35.5. The highest BCUT2D eigenvalue weighted by molar-refractivity contribution is 6.37. The number of rotatable bonds is 2. The first-order valence-corrected chi connectivity index (χ1v) is 7.17. The van der Waals surface area contributed by atoms with Gasteiger partial charge in [-0.1, -0.05) is 49.4 Å². The van der Waals surface area contributed by atoms with Crippen molar-refractivity contribution in [2.75, 3.05) is 5.32 Å². The molecule has 1 aliphatic carbocycles. The van der Waals surface area contributed by atoms with Crippen molar-refractivity contribution in [1.29, 1.82) is 0 Å². The van der Waals surface area contributed by atoms with Gasteiger partial charge in [-0.25, -0.2) is 0 Å². The molecule has 0 spiro atoms. The molecule has 2 N–H and O–H groups in total. The van der Waals surface area contributed by atoms with Gasteiger partial charge in [0.1, 0.15) is 0 Å². The van der Waals surface area contributed by atoms with Crippen molar-refractivity contribution >= 4 is 34.8 Å². The van der Waals surface area contributed by atoms with Gasteiger partial charge in [-0.3, -0.25) is 4.79 Å². The number of carbonyl (C=O) groups is 1. The van der Waals surface area contributed by atoms with E-state index in [1.54, 1.807) is 0 Å². The van der Waals surface area contributed by atoms with E-state index in [2.05, 4.69) is 5.32 Å². The third kappa shape index (κ3) is 3.15. The van der Waals surface area contributed by atoms with Crippen LogP contribution in [0.3, 0.4) is 0 Å². The number of benzene rings is 1. The minimum atomic E-state index is -0.324. The van der Waals surface area contributed by atoms with Gasteiger partial charge in [0.05, 0.1) is 10.0 Å². The average molecular weight is 302 g/mol. The lowest BCUT2D eigenvalue weighted by molar-refractivity contribution is -0.126. The topological polar surface area (TPSA) is 49.3 Å². The Bertz CT molecular complexity index is 473. The number of hydrogen-bond donors (Lipinski definition) is 2. The fraction of sp³-hybridized carbons (Fsp3) is 0.500. The maximum absolute atomic E-state index is 12.3. The predicted octanol–water partition coefficient (Wildman–Crippen LogP) is 4.61. The van der Waals surface area contributed by atoms with E-state index < -0.39 is 0 Å². The molecule has 104 valence electrons. The highest BCUT2D eigenvalue weighted by Gasteiger charge is 2.34. The van der Waals surface area contributed by atoms with E-state index in [9.17, 15) is 9.90 Å². The Labute approximate surface area is 122 Å². The number of phenols is 1. The van der Waals surface area contributed by atoms with Crippen LogP contribution in [0.25, 0.3) is 0 Å². The normalized spacial score (nSPS) is 18.1. The molecule has 0 aromatic heterocycles. The summed E-state index contributed by atoms with van der Waals surface area (Å²) in [5.41, 5.74) is 0.194. The molecule has 1 aromatic rings. The molecule has 0 aliphatic heterocycles. The molecule has 3 nitrogen and oxygen atoms in total. The van der Waals surface area contributed by atoms with Crippen LogP contribution in [0.15, 0.2) is 12.1 Å². The molecule has 19 heavy (non-hydrogen) atoms. The van der Waals surface area contributed by atoms with Crippen LogP contribution in [-0.2, 0) is 4.79 Å². The third-order valence-corrected chi connectivity index (χ3v) is 4.36. The van der Waals surface area contributed by atoms with E-state index in [-0.39, 0.29) is 27.1 Å². The first kappa shape index (κ1) is 14.5. The molecule has 1 fully saturated rings. The summed E-state index contributed by atoms with van der Waals surface area (Å²) in [7, 11) is 0. The number of phenolic OH excluding ortho intramolecular Hbond substituents is 1. The molecular formula is C14H17Cl2NO2. The molecule has 1 amide bonds. The van der Waals surface area contributed by atoms with Crippen LogP contribution < -0.4 is 5.32 Å². The van der Waals surface area contributed by atoms with Crippen molar-refractivity contribution in [3.8, 4) is 5.75 Å². The van der Waals surface area contributed by atoms with Crippen molar-refractivity contribution in [2.45, 2.75) is 39.0 Å². The van der Waals surface area contributed by atoms with Crippen LogP contribution >= 0.6 is 23.2 Å². The summed E-state index contributed by atoms with van der Waals surface area (Å²) >= 11 is 11.7. The lowest BCUT2D eigenvalue weighted by atomic mass is 9.75. The Morgan fingerprint density at radius 3 is 2.26 bits per heavy atom. The van der Waals surface area contributed by atoms with E-state index in [4.69, 9.17) is 23.2 Å². The zero-order valence-corrected chi connectivity index (χ0v) is 12.3. The summed E-state index contributed by atoms with van der Waals surface area (Å²) in [6.07, 6.45) is 5.17. The maximum atomic E-state index is 12.3. The number of halogens is 2. The number of carbonyl (C=O) groups excluding carboxylic acids is 1. The third-order valence-electron chi connectivity index (χ3n) is 3.78. The summed E-state index contributed by atoms with van der Waals surface area (Å²) in [5, 5.41) is 12.6. The standard InChI is InChI=1S/C14H17Cl2NO2/c1-14(5-3-2-4-6-14)13(19)17-9-7-10(15)12(18)11(16)8-9/h7-8,18H,2-6H2,1H3,(H,17,19). The second-order valence-electron chi connectivity index (χ2n) is 5.36. The molecule has 1 aliphatic rings. The quantitative estimate of drug-likeness (QED) is 0.784. The summed E-state index contributed by atoms with van der Waals surface area (Å²) in [5.74, 6) is -0.171. The maximum Gasteiger partial charge on any atom is 0.230 e. The van der Waals surface area contributed by atoms with Gasteiger partial charge in [0.2, 0.25) is 5.91 Å². The van der Waals surface area contributed by atoms with Crippen molar-refractivity contribution in [1.82, 2.24) is 0 Å². The summed E-state index contributed by atoms with van der Waals surface area (Å²) in [6.45, 7) is 1.99. The summed E-state index contributed by atoms with van der Waals surface area (Å²) < 4.78 is 0. The highest BCUT2D eigenvalue weighted by Crippen LogP contribution is 2.38. The fourth-order valence-corrected chi connectivity index (χ4v) is 2.97. The molecular weight excluding hydrogens is 285 g/mol. The molecule has 1 aromatic carbocycles. The van der Waals surface area contributed by atoms with Crippen LogP contribution in [0.1, 0.15) is 39.0 Å². The van der Waals surface area contributed by atoms with E-state index >= 15 is 0 Å². The van der Waals surface area contributed by atoms with Crippen molar-refractivity contribution in [2.24, 2.45) is 5.41 Å². The second kappa shape index (κ2) is 5.59. The van der Waals surface area contributed by atoms with Crippen molar-refractivity contribution < 1.29 is 9.90 Å². The number of hydrogen-bond acceptors (Lipinski definition) is 2. The van der Waals surface area contributed by atoms with Gasteiger partial charge in [-0.15, -0.1) is 0 Å². The largest absolute Gasteiger partial charge is 0.505 e. The van der Waals surface area contributed by atoms with E-state index in [0.717, 1.165) is 25.7 Å². The Kier molecular flexibility index (Phi) is 4.26. The number of nitrogens with one attached hydrogen (secondary N) is 1. The number of aromatic hydroxyl groups is 1. The lowest BCUT2D eigenvalue weighted by Crippen LogP contribution is -2.35. The minimum absolute atomic E-state index is 0.00924. The smallest absolute Gasteiger partial charge is 0.230 e. The average Bonchev–Trinajstić information content (AvgIpc) is 2.36. The van der Waals surface area contributed by atoms with Gasteiger partial charge >= 0.3 is 0 Å². The first-order chi connectivity index (χ1) is 8.92. The monoisotopic (exact) mass is 301 g/mol. The molecule has 0 unspecified atom stereocenters.